The Bertz CT molecular complexity index is 812. The Morgan fingerprint density at radius 1 is 1.00 bits per heavy atom. The highest BCUT2D eigenvalue weighted by Gasteiger charge is 2.52. The summed E-state index contributed by atoms with van der Waals surface area (Å²) in [4.78, 5) is 16.5. The normalized spacial score (nSPS) is 21.7. The minimum atomic E-state index is -0.333. The fourth-order valence-corrected chi connectivity index (χ4v) is 4.67. The molecule has 158 valence electrons. The average molecular weight is 405 g/mol. The summed E-state index contributed by atoms with van der Waals surface area (Å²) in [6.07, 6.45) is 7.05. The Morgan fingerprint density at radius 3 is 1.93 bits per heavy atom. The molecule has 30 heavy (non-hydrogen) atoms. The largest absolute Gasteiger partial charge is 0.463 e. The number of nitrogens with zero attached hydrogens (tertiary/aromatic N) is 2. The second-order valence-corrected chi connectivity index (χ2v) is 7.71. The second kappa shape index (κ2) is 9.88. The van der Waals surface area contributed by atoms with Gasteiger partial charge in [-0.25, -0.2) is 4.79 Å². The van der Waals surface area contributed by atoms with Crippen molar-refractivity contribution < 1.29 is 9.53 Å². The minimum absolute atomic E-state index is 0.186. The minimum Gasteiger partial charge on any atom is -0.463 e. The molecule has 0 aliphatic carbocycles. The molecular formula is C26H32N2O2. The lowest BCUT2D eigenvalue weighted by Crippen LogP contribution is -2.49. The lowest BCUT2D eigenvalue weighted by molar-refractivity contribution is -0.137. The summed E-state index contributed by atoms with van der Waals surface area (Å²) in [5.41, 5.74) is 2.23. The van der Waals surface area contributed by atoms with Gasteiger partial charge in [-0.3, -0.25) is 9.80 Å². The summed E-state index contributed by atoms with van der Waals surface area (Å²) in [5, 5.41) is 0. The van der Waals surface area contributed by atoms with E-state index >= 15 is 0 Å². The van der Waals surface area contributed by atoms with Gasteiger partial charge in [0.25, 0.3) is 0 Å². The number of likely N-dealkylation sites (N-methyl/N-ethyl adjacent to an activating group) is 2. The van der Waals surface area contributed by atoms with Crippen LogP contribution in [0.25, 0.3) is 0 Å². The molecule has 2 atom stereocenters. The van der Waals surface area contributed by atoms with E-state index in [9.17, 15) is 4.79 Å². The van der Waals surface area contributed by atoms with Crippen molar-refractivity contribution in [2.75, 3.05) is 20.7 Å². The molecule has 1 heterocycles. The Balaban J connectivity index is 1.94. The number of hydrogen-bond donors (Lipinski definition) is 0. The van der Waals surface area contributed by atoms with Crippen LogP contribution >= 0.6 is 0 Å². The van der Waals surface area contributed by atoms with Crippen LogP contribution in [0.4, 0.5) is 0 Å². The zero-order valence-electron chi connectivity index (χ0n) is 18.2. The van der Waals surface area contributed by atoms with Gasteiger partial charge in [-0.1, -0.05) is 79.4 Å². The molecule has 0 N–H and O–H groups in total. The maximum atomic E-state index is 11.6. The van der Waals surface area contributed by atoms with Crippen LogP contribution in [0.15, 0.2) is 85.5 Å². The van der Waals surface area contributed by atoms with Crippen LogP contribution in [0.3, 0.4) is 0 Å². The summed E-state index contributed by atoms with van der Waals surface area (Å²) in [5.74, 6) is -0.289. The van der Waals surface area contributed by atoms with Gasteiger partial charge in [0.15, 0.2) is 0 Å². The molecule has 0 spiro atoms. The first-order chi connectivity index (χ1) is 14.5. The third-order valence-corrected chi connectivity index (χ3v) is 6.18. The van der Waals surface area contributed by atoms with Crippen LogP contribution in [-0.4, -0.2) is 42.1 Å². The van der Waals surface area contributed by atoms with E-state index in [1.807, 2.05) is 19.1 Å². The first-order valence-electron chi connectivity index (χ1n) is 10.6. The molecule has 1 aliphatic heterocycles. The molecular weight excluding hydrogens is 372 g/mol. The number of benzene rings is 2. The molecule has 1 fully saturated rings. The van der Waals surface area contributed by atoms with Crippen LogP contribution in [0, 0.1) is 0 Å². The molecule has 0 aromatic heterocycles. The van der Waals surface area contributed by atoms with Crippen molar-refractivity contribution in [2.45, 2.75) is 37.5 Å². The van der Waals surface area contributed by atoms with Gasteiger partial charge in [-0.2, -0.15) is 0 Å². The number of hydrogen-bond acceptors (Lipinski definition) is 4. The van der Waals surface area contributed by atoms with Crippen molar-refractivity contribution in [1.29, 1.82) is 0 Å². The van der Waals surface area contributed by atoms with Crippen molar-refractivity contribution in [3.63, 3.8) is 0 Å². The predicted octanol–water partition coefficient (Wildman–Crippen LogP) is 5.13. The van der Waals surface area contributed by atoms with Crippen LogP contribution in [-0.2, 0) is 9.53 Å². The highest BCUT2D eigenvalue weighted by atomic mass is 16.5. The van der Waals surface area contributed by atoms with Gasteiger partial charge in [0, 0.05) is 6.08 Å². The van der Waals surface area contributed by atoms with E-state index in [1.54, 1.807) is 0 Å². The lowest BCUT2D eigenvalue weighted by atomic mass is 9.93. The summed E-state index contributed by atoms with van der Waals surface area (Å²) >= 11 is 0. The van der Waals surface area contributed by atoms with E-state index in [0.717, 1.165) is 12.8 Å². The van der Waals surface area contributed by atoms with E-state index in [0.29, 0.717) is 6.61 Å². The van der Waals surface area contributed by atoms with E-state index < -0.39 is 0 Å². The standard InChI is InChI=1S/C26H32N2O2/c1-5-26(20-14-13-19-23(29)30-6-2)27(3)24(21-15-9-7-10-16-21)25(28(26)4)22-17-11-8-12-18-22/h5,7-13,15-19,24-25H,1,6,14,20H2,2-4H3/b19-13+/t24-,25-/m0/s1. The maximum Gasteiger partial charge on any atom is 0.330 e. The van der Waals surface area contributed by atoms with Gasteiger partial charge in [0.05, 0.1) is 24.4 Å². The quantitative estimate of drug-likeness (QED) is 0.347. The smallest absolute Gasteiger partial charge is 0.330 e. The Morgan fingerprint density at radius 2 is 1.50 bits per heavy atom. The zero-order valence-corrected chi connectivity index (χ0v) is 18.2. The average Bonchev–Trinajstić information content (AvgIpc) is 3.00. The third kappa shape index (κ3) is 4.25. The molecule has 2 aromatic rings. The number of ether oxygens (including phenoxy) is 1. The molecule has 0 radical (unpaired) electrons. The van der Waals surface area contributed by atoms with Crippen molar-refractivity contribution in [3.05, 3.63) is 96.6 Å². The molecule has 3 rings (SSSR count). The second-order valence-electron chi connectivity index (χ2n) is 7.71. The summed E-state index contributed by atoms with van der Waals surface area (Å²) in [7, 11) is 4.35. The molecule has 2 aromatic carbocycles. The monoisotopic (exact) mass is 404 g/mol. The van der Waals surface area contributed by atoms with Crippen LogP contribution in [0.5, 0.6) is 0 Å². The van der Waals surface area contributed by atoms with E-state index in [1.165, 1.54) is 17.2 Å². The number of allylic oxidation sites excluding steroid dienone is 1. The van der Waals surface area contributed by atoms with Crippen LogP contribution in [0.1, 0.15) is 43.0 Å². The zero-order chi connectivity index (χ0) is 21.6. The van der Waals surface area contributed by atoms with Gasteiger partial charge >= 0.3 is 5.97 Å². The summed E-state index contributed by atoms with van der Waals surface area (Å²) in [6, 6.07) is 21.7. The first-order valence-corrected chi connectivity index (χ1v) is 10.6. The van der Waals surface area contributed by atoms with Gasteiger partial charge in [-0.05, 0) is 45.0 Å². The SMILES string of the molecule is C=CC1(CC/C=C/C(=O)OCC)N(C)[C@@H](c2ccccc2)[C@H](c2ccccc2)N1C. The number of carbonyl (C=O) groups is 1. The number of rotatable bonds is 8. The summed E-state index contributed by atoms with van der Waals surface area (Å²) < 4.78 is 4.99. The van der Waals surface area contributed by atoms with Crippen molar-refractivity contribution in [1.82, 2.24) is 9.80 Å². The highest BCUT2D eigenvalue weighted by Crippen LogP contribution is 2.51. The van der Waals surface area contributed by atoms with Gasteiger partial charge in [0.2, 0.25) is 0 Å². The third-order valence-electron chi connectivity index (χ3n) is 6.18. The van der Waals surface area contributed by atoms with Crippen molar-refractivity contribution in [3.8, 4) is 0 Å². The van der Waals surface area contributed by atoms with Crippen molar-refractivity contribution in [2.24, 2.45) is 0 Å². The number of esters is 1. The first kappa shape index (κ1) is 22.0. The summed E-state index contributed by atoms with van der Waals surface area (Å²) in [6.45, 7) is 6.42. The Hall–Kier alpha value is -2.69. The van der Waals surface area contributed by atoms with Gasteiger partial charge in [-0.15, -0.1) is 0 Å². The topological polar surface area (TPSA) is 32.8 Å². The number of carbonyl (C=O) groups excluding carboxylic acids is 1. The molecule has 0 saturated carbocycles. The molecule has 1 saturated heterocycles. The van der Waals surface area contributed by atoms with Gasteiger partial charge in [0.1, 0.15) is 0 Å². The van der Waals surface area contributed by atoms with Crippen LogP contribution < -0.4 is 0 Å². The fraction of sp³-hybridized carbons (Fsp3) is 0.346. The Labute approximate surface area is 180 Å². The van der Waals surface area contributed by atoms with E-state index in [2.05, 4.69) is 91.1 Å². The molecule has 4 heteroatoms. The maximum absolute atomic E-state index is 11.6. The van der Waals surface area contributed by atoms with E-state index in [4.69, 9.17) is 4.74 Å². The van der Waals surface area contributed by atoms with Crippen LogP contribution in [0.2, 0.25) is 0 Å². The molecule has 0 amide bonds. The fourth-order valence-electron chi connectivity index (χ4n) is 4.67. The van der Waals surface area contributed by atoms with Crippen molar-refractivity contribution >= 4 is 5.97 Å². The molecule has 0 bridgehead atoms. The van der Waals surface area contributed by atoms with Gasteiger partial charge < -0.3 is 4.74 Å². The Kier molecular flexibility index (Phi) is 7.24. The molecule has 0 unspecified atom stereocenters. The molecule has 4 nitrogen and oxygen atoms in total. The highest BCUT2D eigenvalue weighted by molar-refractivity contribution is 5.81. The predicted molar refractivity (Wildman–Crippen MR) is 122 cm³/mol. The molecule has 1 aliphatic rings. The van der Waals surface area contributed by atoms with E-state index in [-0.39, 0.29) is 23.7 Å². The lowest BCUT2D eigenvalue weighted by Gasteiger charge is -2.40.